The zero-order valence-electron chi connectivity index (χ0n) is 12.2. The Morgan fingerprint density at radius 3 is 3.05 bits per heavy atom. The predicted molar refractivity (Wildman–Crippen MR) is 75.9 cm³/mol. The lowest BCUT2D eigenvalue weighted by molar-refractivity contribution is -0.137. The molecule has 7 nitrogen and oxygen atoms in total. The Balaban J connectivity index is 1.76. The summed E-state index contributed by atoms with van der Waals surface area (Å²) >= 11 is 0. The van der Waals surface area contributed by atoms with Crippen LogP contribution in [-0.4, -0.2) is 46.7 Å². The number of nitrogens with one attached hydrogen (secondary N) is 1. The van der Waals surface area contributed by atoms with Crippen LogP contribution < -0.4 is 5.32 Å². The molecule has 7 heteroatoms. The van der Waals surface area contributed by atoms with Gasteiger partial charge in [-0.25, -0.2) is 0 Å². The van der Waals surface area contributed by atoms with Gasteiger partial charge in [-0.2, -0.15) is 0 Å². The standard InChI is InChI=1S/C14H21N3O4/c1-10-7-13(21-16-10)15-12(18)9-17-6-2-3-11(8-17)4-5-14(19)20/h7,11H,2-6,8-9H2,1H3,(H,15,18)(H,19,20). The Kier molecular flexibility index (Phi) is 5.32. The van der Waals surface area contributed by atoms with E-state index in [0.29, 0.717) is 24.8 Å². The SMILES string of the molecule is Cc1cc(NC(=O)CN2CCCC(CCC(=O)O)C2)on1. The lowest BCUT2D eigenvalue weighted by atomic mass is 9.93. The maximum atomic E-state index is 11.9. The molecule has 1 aliphatic heterocycles. The van der Waals surface area contributed by atoms with Crippen molar-refractivity contribution in [3.8, 4) is 0 Å². The van der Waals surface area contributed by atoms with Gasteiger partial charge in [0.05, 0.1) is 12.2 Å². The fraction of sp³-hybridized carbons (Fsp3) is 0.643. The number of carbonyl (C=O) groups excluding carboxylic acids is 1. The summed E-state index contributed by atoms with van der Waals surface area (Å²) < 4.78 is 4.94. The first-order valence-corrected chi connectivity index (χ1v) is 7.20. The molecule has 2 heterocycles. The summed E-state index contributed by atoms with van der Waals surface area (Å²) in [7, 11) is 0. The van der Waals surface area contributed by atoms with Crippen molar-refractivity contribution in [1.29, 1.82) is 0 Å². The first kappa shape index (κ1) is 15.5. The van der Waals surface area contributed by atoms with Crippen LogP contribution in [0.5, 0.6) is 0 Å². The summed E-state index contributed by atoms with van der Waals surface area (Å²) in [6.45, 7) is 3.72. The maximum absolute atomic E-state index is 11.9. The van der Waals surface area contributed by atoms with Gasteiger partial charge in [0, 0.05) is 19.0 Å². The fourth-order valence-corrected chi connectivity index (χ4v) is 2.66. The lowest BCUT2D eigenvalue weighted by Gasteiger charge is -2.31. The van der Waals surface area contributed by atoms with E-state index in [2.05, 4.69) is 15.4 Å². The Labute approximate surface area is 123 Å². The second kappa shape index (κ2) is 7.21. The molecule has 0 radical (unpaired) electrons. The molecule has 116 valence electrons. The van der Waals surface area contributed by atoms with Crippen LogP contribution in [0.1, 0.15) is 31.4 Å². The molecule has 0 aliphatic carbocycles. The number of anilines is 1. The van der Waals surface area contributed by atoms with E-state index in [1.165, 1.54) is 0 Å². The van der Waals surface area contributed by atoms with Crippen LogP contribution in [0.4, 0.5) is 5.88 Å². The van der Waals surface area contributed by atoms with E-state index in [9.17, 15) is 9.59 Å². The molecule has 2 rings (SSSR count). The van der Waals surface area contributed by atoms with Crippen molar-refractivity contribution in [1.82, 2.24) is 10.1 Å². The third-order valence-corrected chi connectivity index (χ3v) is 3.63. The first-order valence-electron chi connectivity index (χ1n) is 7.20. The highest BCUT2D eigenvalue weighted by molar-refractivity contribution is 5.90. The van der Waals surface area contributed by atoms with Gasteiger partial charge < -0.3 is 9.63 Å². The van der Waals surface area contributed by atoms with Crippen LogP contribution in [0.25, 0.3) is 0 Å². The van der Waals surface area contributed by atoms with Crippen LogP contribution in [0.15, 0.2) is 10.6 Å². The summed E-state index contributed by atoms with van der Waals surface area (Å²) in [4.78, 5) is 24.6. The van der Waals surface area contributed by atoms with E-state index in [1.807, 2.05) is 0 Å². The summed E-state index contributed by atoms with van der Waals surface area (Å²) in [6.07, 6.45) is 2.91. The Bertz CT molecular complexity index is 500. The number of nitrogens with zero attached hydrogens (tertiary/aromatic N) is 2. The average Bonchev–Trinajstić information content (AvgIpc) is 2.82. The Morgan fingerprint density at radius 1 is 1.57 bits per heavy atom. The fourth-order valence-electron chi connectivity index (χ4n) is 2.66. The summed E-state index contributed by atoms with van der Waals surface area (Å²) in [5, 5.41) is 15.1. The van der Waals surface area contributed by atoms with Crippen LogP contribution in [0.2, 0.25) is 0 Å². The maximum Gasteiger partial charge on any atom is 0.303 e. The largest absolute Gasteiger partial charge is 0.481 e. The minimum Gasteiger partial charge on any atom is -0.481 e. The predicted octanol–water partition coefficient (Wildman–Crippen LogP) is 1.50. The van der Waals surface area contributed by atoms with E-state index in [-0.39, 0.29) is 12.3 Å². The minimum atomic E-state index is -0.759. The highest BCUT2D eigenvalue weighted by atomic mass is 16.5. The van der Waals surface area contributed by atoms with Crippen LogP contribution >= 0.6 is 0 Å². The van der Waals surface area contributed by atoms with Gasteiger partial charge in [0.25, 0.3) is 0 Å². The van der Waals surface area contributed by atoms with E-state index in [1.54, 1.807) is 13.0 Å². The molecule has 1 aliphatic rings. The second-order valence-corrected chi connectivity index (χ2v) is 5.56. The molecule has 21 heavy (non-hydrogen) atoms. The number of piperidine rings is 1. The van der Waals surface area contributed by atoms with Gasteiger partial charge in [0.2, 0.25) is 11.8 Å². The number of hydrogen-bond donors (Lipinski definition) is 2. The summed E-state index contributed by atoms with van der Waals surface area (Å²) in [5.41, 5.74) is 0.719. The van der Waals surface area contributed by atoms with Gasteiger partial charge >= 0.3 is 5.97 Å². The molecule has 0 spiro atoms. The van der Waals surface area contributed by atoms with Gasteiger partial charge in [-0.15, -0.1) is 0 Å². The van der Waals surface area contributed by atoms with E-state index < -0.39 is 5.97 Å². The molecule has 0 saturated carbocycles. The monoisotopic (exact) mass is 295 g/mol. The topological polar surface area (TPSA) is 95.7 Å². The van der Waals surface area contributed by atoms with Crippen LogP contribution in [0, 0.1) is 12.8 Å². The molecule has 0 aromatic carbocycles. The molecule has 1 saturated heterocycles. The first-order chi connectivity index (χ1) is 10.0. The third-order valence-electron chi connectivity index (χ3n) is 3.63. The van der Waals surface area contributed by atoms with Gasteiger partial charge in [-0.1, -0.05) is 5.16 Å². The number of likely N-dealkylation sites (tertiary alicyclic amines) is 1. The molecule has 1 unspecified atom stereocenters. The number of carboxylic acids is 1. The normalized spacial score (nSPS) is 19.4. The number of aromatic nitrogens is 1. The highest BCUT2D eigenvalue weighted by Gasteiger charge is 2.22. The number of rotatable bonds is 6. The quantitative estimate of drug-likeness (QED) is 0.825. The van der Waals surface area contributed by atoms with Crippen molar-refractivity contribution in [2.45, 2.75) is 32.6 Å². The summed E-state index contributed by atoms with van der Waals surface area (Å²) in [6, 6.07) is 1.67. The molecule has 1 aromatic heterocycles. The molecule has 1 aromatic rings. The molecule has 1 amide bonds. The van der Waals surface area contributed by atoms with Crippen LogP contribution in [0.3, 0.4) is 0 Å². The number of carbonyl (C=O) groups is 2. The van der Waals surface area contributed by atoms with Crippen molar-refractivity contribution in [3.05, 3.63) is 11.8 Å². The molecule has 2 N–H and O–H groups in total. The number of hydrogen-bond acceptors (Lipinski definition) is 5. The molecular weight excluding hydrogens is 274 g/mol. The van der Waals surface area contributed by atoms with Crippen molar-refractivity contribution in [3.63, 3.8) is 0 Å². The highest BCUT2D eigenvalue weighted by Crippen LogP contribution is 2.21. The van der Waals surface area contributed by atoms with Gasteiger partial charge in [-0.3, -0.25) is 19.8 Å². The third kappa shape index (κ3) is 5.18. The van der Waals surface area contributed by atoms with E-state index >= 15 is 0 Å². The molecular formula is C14H21N3O4. The Hall–Kier alpha value is -1.89. The van der Waals surface area contributed by atoms with Gasteiger partial charge in [0.1, 0.15) is 0 Å². The zero-order chi connectivity index (χ0) is 15.2. The Morgan fingerprint density at radius 2 is 2.38 bits per heavy atom. The van der Waals surface area contributed by atoms with Crippen molar-refractivity contribution in [2.75, 3.05) is 25.0 Å². The van der Waals surface area contributed by atoms with Crippen molar-refractivity contribution in [2.24, 2.45) is 5.92 Å². The minimum absolute atomic E-state index is 0.134. The van der Waals surface area contributed by atoms with Crippen molar-refractivity contribution < 1.29 is 19.2 Å². The average molecular weight is 295 g/mol. The summed E-state index contributed by atoms with van der Waals surface area (Å²) in [5.74, 6) is -0.178. The van der Waals surface area contributed by atoms with Gasteiger partial charge in [-0.05, 0) is 38.6 Å². The van der Waals surface area contributed by atoms with Crippen molar-refractivity contribution >= 4 is 17.8 Å². The number of carboxylic acid groups (broad SMARTS) is 1. The van der Waals surface area contributed by atoms with E-state index in [4.69, 9.17) is 9.63 Å². The van der Waals surface area contributed by atoms with E-state index in [0.717, 1.165) is 31.6 Å². The second-order valence-electron chi connectivity index (χ2n) is 5.56. The number of aryl methyl sites for hydroxylation is 1. The molecule has 1 fully saturated rings. The smallest absolute Gasteiger partial charge is 0.303 e. The number of aliphatic carboxylic acids is 1. The lowest BCUT2D eigenvalue weighted by Crippen LogP contribution is -2.40. The van der Waals surface area contributed by atoms with Gasteiger partial charge in [0.15, 0.2) is 0 Å². The van der Waals surface area contributed by atoms with Crippen LogP contribution in [-0.2, 0) is 9.59 Å². The number of amides is 1. The molecule has 1 atom stereocenters. The zero-order valence-corrected chi connectivity index (χ0v) is 12.2. The molecule has 0 bridgehead atoms.